The molecule has 0 fully saturated rings. The van der Waals surface area contributed by atoms with E-state index in [2.05, 4.69) is 5.32 Å². The van der Waals surface area contributed by atoms with Gasteiger partial charge in [-0.2, -0.15) is 0 Å². The molecular weight excluding hydrogens is 371 g/mol. The summed E-state index contributed by atoms with van der Waals surface area (Å²) in [5.41, 5.74) is 1.86. The molecule has 1 N–H and O–H groups in total. The molecule has 6 heteroatoms. The van der Waals surface area contributed by atoms with Crippen LogP contribution in [0.5, 0.6) is 0 Å². The molecule has 3 rings (SSSR count). The van der Waals surface area contributed by atoms with Gasteiger partial charge < -0.3 is 9.88 Å². The highest BCUT2D eigenvalue weighted by Crippen LogP contribution is 2.12. The highest BCUT2D eigenvalue weighted by Gasteiger charge is 2.11. The van der Waals surface area contributed by atoms with Crippen molar-refractivity contribution in [1.29, 1.82) is 0 Å². The van der Waals surface area contributed by atoms with Crippen LogP contribution in [0.15, 0.2) is 71.7 Å². The van der Waals surface area contributed by atoms with Crippen molar-refractivity contribution in [3.63, 3.8) is 0 Å². The number of halogens is 2. The second kappa shape index (κ2) is 8.21. The van der Waals surface area contributed by atoms with Gasteiger partial charge in [-0.15, -0.1) is 0 Å². The van der Waals surface area contributed by atoms with Gasteiger partial charge >= 0.3 is 0 Å². The number of carbonyl (C=O) groups is 1. The number of nitrogens with one attached hydrogen (secondary N) is 1. The number of benzene rings is 2. The maximum atomic E-state index is 12.4. The fourth-order valence-corrected chi connectivity index (χ4v) is 2.86. The summed E-state index contributed by atoms with van der Waals surface area (Å²) < 4.78 is 1.42. The zero-order valence-electron chi connectivity index (χ0n) is 13.8. The lowest BCUT2D eigenvalue weighted by molar-refractivity contribution is 0.0950. The first-order chi connectivity index (χ1) is 12.5. The molecule has 1 aromatic heterocycles. The number of hydrogen-bond acceptors (Lipinski definition) is 2. The molecule has 3 aromatic rings. The van der Waals surface area contributed by atoms with Crippen molar-refractivity contribution in [2.45, 2.75) is 13.1 Å². The molecule has 1 amide bonds. The number of carbonyl (C=O) groups excluding carboxylic acids is 1. The van der Waals surface area contributed by atoms with Crippen molar-refractivity contribution >= 4 is 29.1 Å². The molecule has 0 spiro atoms. The van der Waals surface area contributed by atoms with Crippen LogP contribution >= 0.6 is 23.2 Å². The lowest BCUT2D eigenvalue weighted by Crippen LogP contribution is -2.27. The van der Waals surface area contributed by atoms with Gasteiger partial charge in [0.15, 0.2) is 0 Å². The van der Waals surface area contributed by atoms with E-state index in [0.717, 1.165) is 11.1 Å². The Morgan fingerprint density at radius 2 is 1.65 bits per heavy atom. The predicted molar refractivity (Wildman–Crippen MR) is 104 cm³/mol. The van der Waals surface area contributed by atoms with E-state index in [1.807, 2.05) is 42.5 Å². The third kappa shape index (κ3) is 4.54. The van der Waals surface area contributed by atoms with Gasteiger partial charge in [-0.1, -0.05) is 65.7 Å². The van der Waals surface area contributed by atoms with Crippen molar-refractivity contribution in [2.75, 3.05) is 0 Å². The van der Waals surface area contributed by atoms with Gasteiger partial charge in [0.1, 0.15) is 5.02 Å². The van der Waals surface area contributed by atoms with E-state index in [1.54, 1.807) is 12.1 Å². The average molecular weight is 387 g/mol. The van der Waals surface area contributed by atoms with Crippen LogP contribution in [0.25, 0.3) is 0 Å². The van der Waals surface area contributed by atoms with Gasteiger partial charge in [0.05, 0.1) is 12.1 Å². The molecular formula is C20H16Cl2N2O2. The Balaban J connectivity index is 1.79. The Kier molecular flexibility index (Phi) is 5.76. The minimum atomic E-state index is -0.346. The van der Waals surface area contributed by atoms with Crippen LogP contribution in [-0.4, -0.2) is 10.5 Å². The fraction of sp³-hybridized carbons (Fsp3) is 0.100. The van der Waals surface area contributed by atoms with Gasteiger partial charge in [-0.05, 0) is 29.3 Å². The van der Waals surface area contributed by atoms with E-state index in [4.69, 9.17) is 23.2 Å². The standard InChI is InChI=1S/C20H16Cl2N2O2/c21-17-8-6-15(7-9-17)12-24-13-16(10-18(22)20(24)26)19(25)23-11-14-4-2-1-3-5-14/h1-10,13H,11-12H2,(H,23,25). The van der Waals surface area contributed by atoms with Crippen LogP contribution in [0.3, 0.4) is 0 Å². The molecule has 132 valence electrons. The van der Waals surface area contributed by atoms with Crippen LogP contribution in [0, 0.1) is 0 Å². The quantitative estimate of drug-likeness (QED) is 0.716. The summed E-state index contributed by atoms with van der Waals surface area (Å²) in [5, 5.41) is 3.45. The molecule has 0 saturated carbocycles. The van der Waals surface area contributed by atoms with Crippen molar-refractivity contribution in [1.82, 2.24) is 9.88 Å². The lowest BCUT2D eigenvalue weighted by atomic mass is 10.2. The molecule has 0 saturated heterocycles. The summed E-state index contributed by atoms with van der Waals surface area (Å²) in [6.07, 6.45) is 1.52. The van der Waals surface area contributed by atoms with E-state index >= 15 is 0 Å². The van der Waals surface area contributed by atoms with E-state index in [9.17, 15) is 9.59 Å². The zero-order valence-corrected chi connectivity index (χ0v) is 15.3. The lowest BCUT2D eigenvalue weighted by Gasteiger charge is -2.10. The first kappa shape index (κ1) is 18.2. The minimum Gasteiger partial charge on any atom is -0.348 e. The van der Waals surface area contributed by atoms with E-state index in [-0.39, 0.29) is 16.5 Å². The molecule has 26 heavy (non-hydrogen) atoms. The fourth-order valence-electron chi connectivity index (χ4n) is 2.51. The normalized spacial score (nSPS) is 10.5. The van der Waals surface area contributed by atoms with E-state index in [0.29, 0.717) is 23.7 Å². The Labute approximate surface area is 161 Å². The smallest absolute Gasteiger partial charge is 0.269 e. The van der Waals surface area contributed by atoms with Gasteiger partial charge in [-0.25, -0.2) is 0 Å². The molecule has 0 aliphatic heterocycles. The molecule has 0 aliphatic rings. The van der Waals surface area contributed by atoms with Crippen molar-refractivity contribution in [3.05, 3.63) is 104 Å². The van der Waals surface area contributed by atoms with Crippen molar-refractivity contribution < 1.29 is 4.79 Å². The van der Waals surface area contributed by atoms with Crippen LogP contribution in [-0.2, 0) is 13.1 Å². The largest absolute Gasteiger partial charge is 0.348 e. The molecule has 0 unspecified atom stereocenters. The van der Waals surface area contributed by atoms with Crippen LogP contribution in [0.4, 0.5) is 0 Å². The third-order valence-electron chi connectivity index (χ3n) is 3.87. The molecule has 0 aliphatic carbocycles. The average Bonchev–Trinajstić information content (AvgIpc) is 2.66. The van der Waals surface area contributed by atoms with Gasteiger partial charge in [0.2, 0.25) is 0 Å². The summed E-state index contributed by atoms with van der Waals surface area (Å²) in [6, 6.07) is 18.1. The molecule has 1 heterocycles. The molecule has 4 nitrogen and oxygen atoms in total. The van der Waals surface area contributed by atoms with E-state index < -0.39 is 0 Å². The zero-order chi connectivity index (χ0) is 18.5. The summed E-state index contributed by atoms with van der Waals surface area (Å²) in [5.74, 6) is -0.291. The summed E-state index contributed by atoms with van der Waals surface area (Å²) in [4.78, 5) is 24.7. The minimum absolute atomic E-state index is 0.00586. The number of pyridine rings is 1. The van der Waals surface area contributed by atoms with Crippen LogP contribution in [0.2, 0.25) is 10.0 Å². The number of aromatic nitrogens is 1. The monoisotopic (exact) mass is 386 g/mol. The summed E-state index contributed by atoms with van der Waals surface area (Å²) >= 11 is 11.9. The first-order valence-corrected chi connectivity index (χ1v) is 8.75. The molecule has 0 bridgehead atoms. The molecule has 0 radical (unpaired) electrons. The van der Waals surface area contributed by atoms with Gasteiger partial charge in [0, 0.05) is 17.8 Å². The van der Waals surface area contributed by atoms with Gasteiger partial charge in [0.25, 0.3) is 11.5 Å². The number of amides is 1. The van der Waals surface area contributed by atoms with Crippen molar-refractivity contribution in [2.24, 2.45) is 0 Å². The number of nitrogens with zero attached hydrogens (tertiary/aromatic N) is 1. The van der Waals surface area contributed by atoms with Crippen LogP contribution in [0.1, 0.15) is 21.5 Å². The molecule has 2 aromatic carbocycles. The Morgan fingerprint density at radius 3 is 2.35 bits per heavy atom. The summed E-state index contributed by atoms with van der Waals surface area (Å²) in [6.45, 7) is 0.698. The second-order valence-electron chi connectivity index (χ2n) is 5.80. The highest BCUT2D eigenvalue weighted by atomic mass is 35.5. The van der Waals surface area contributed by atoms with E-state index in [1.165, 1.54) is 16.8 Å². The Bertz CT molecular complexity index is 967. The second-order valence-corrected chi connectivity index (χ2v) is 6.65. The third-order valence-corrected chi connectivity index (χ3v) is 4.39. The highest BCUT2D eigenvalue weighted by molar-refractivity contribution is 6.31. The predicted octanol–water partition coefficient (Wildman–Crippen LogP) is 4.13. The Morgan fingerprint density at radius 1 is 0.962 bits per heavy atom. The van der Waals surface area contributed by atoms with Gasteiger partial charge in [-0.3, -0.25) is 9.59 Å². The summed E-state index contributed by atoms with van der Waals surface area (Å²) in [7, 11) is 0. The van der Waals surface area contributed by atoms with Crippen LogP contribution < -0.4 is 10.9 Å². The molecule has 0 atom stereocenters. The number of hydrogen-bond donors (Lipinski definition) is 1. The Hall–Kier alpha value is -2.56. The maximum absolute atomic E-state index is 12.4. The number of rotatable bonds is 5. The van der Waals surface area contributed by atoms with Crippen molar-refractivity contribution in [3.8, 4) is 0 Å². The first-order valence-electron chi connectivity index (χ1n) is 7.99. The SMILES string of the molecule is O=C(NCc1ccccc1)c1cc(Cl)c(=O)n(Cc2ccc(Cl)cc2)c1. The maximum Gasteiger partial charge on any atom is 0.269 e. The topological polar surface area (TPSA) is 51.1 Å².